The van der Waals surface area contributed by atoms with Crippen molar-refractivity contribution in [2.45, 2.75) is 37.8 Å². The highest BCUT2D eigenvalue weighted by Crippen LogP contribution is 2.42. The number of fused-ring (bicyclic) bond motifs is 1. The summed E-state index contributed by atoms with van der Waals surface area (Å²) in [4.78, 5) is 33.1. The summed E-state index contributed by atoms with van der Waals surface area (Å²) in [6.07, 6.45) is 8.98. The first-order chi connectivity index (χ1) is 24.6. The van der Waals surface area contributed by atoms with Crippen LogP contribution in [0.25, 0.3) is 10.8 Å². The van der Waals surface area contributed by atoms with Crippen LogP contribution in [0, 0.1) is 5.41 Å². The number of aromatic nitrogens is 3. The van der Waals surface area contributed by atoms with Gasteiger partial charge in [0.25, 0.3) is 5.97 Å². The third-order valence-electron chi connectivity index (χ3n) is 7.16. The van der Waals surface area contributed by atoms with Gasteiger partial charge < -0.3 is 35.9 Å². The lowest BCUT2D eigenvalue weighted by atomic mass is 10.1. The van der Waals surface area contributed by atoms with Gasteiger partial charge in [-0.2, -0.15) is 5.11 Å². The molecule has 0 spiro atoms. The van der Waals surface area contributed by atoms with E-state index >= 15 is 0 Å². The van der Waals surface area contributed by atoms with Gasteiger partial charge in [0.2, 0.25) is 18.1 Å². The molecule has 0 saturated carbocycles. The molecule has 2 heterocycles. The van der Waals surface area contributed by atoms with Gasteiger partial charge in [-0.3, -0.25) is 14.4 Å². The molecule has 17 nitrogen and oxygen atoms in total. The van der Waals surface area contributed by atoms with Crippen LogP contribution in [0.15, 0.2) is 107 Å². The summed E-state index contributed by atoms with van der Waals surface area (Å²) >= 11 is 0. The summed E-state index contributed by atoms with van der Waals surface area (Å²) in [5.74, 6) is -2.86. The number of rotatable bonds is 12. The van der Waals surface area contributed by atoms with Gasteiger partial charge in [-0.15, -0.1) is 5.11 Å². The Morgan fingerprint density at radius 2 is 1.62 bits per heavy atom. The van der Waals surface area contributed by atoms with Crippen molar-refractivity contribution in [2.24, 2.45) is 17.3 Å². The van der Waals surface area contributed by atoms with Gasteiger partial charge >= 0.3 is 0 Å². The third kappa shape index (κ3) is 11.0. The largest absolute Gasteiger partial charge is 0.859 e. The number of nitrogens with one attached hydrogen (secondary N) is 3. The average Bonchev–Trinajstić information content (AvgIpc) is 3.50. The predicted octanol–water partition coefficient (Wildman–Crippen LogP) is 2.61. The van der Waals surface area contributed by atoms with E-state index in [1.807, 2.05) is 34.9 Å². The molecule has 0 aliphatic heterocycles. The fourth-order valence-corrected chi connectivity index (χ4v) is 5.42. The highest BCUT2D eigenvalue weighted by atomic mass is 32.2. The molecule has 0 aliphatic carbocycles. The molecule has 0 radical (unpaired) electrons. The SMILES string of the molecule is CC(=O)O.C[n+]1ccn(CCC(=O)Nc2ccc(N=Nc3c(S(=O)(=O)[O-])cc4cc(NC(=O)CC[n+]5cccc(C(=N)[O-])c5)ccc4c3O)cc2)c1. The summed E-state index contributed by atoms with van der Waals surface area (Å²) in [6, 6.07) is 14.7. The number of imidazole rings is 1. The number of anilines is 2. The number of phenols is 1. The van der Waals surface area contributed by atoms with Crippen molar-refractivity contribution >= 4 is 67.3 Å². The molecular weight excluding hydrogens is 696 g/mol. The molecule has 2 aromatic heterocycles. The van der Waals surface area contributed by atoms with E-state index in [1.54, 1.807) is 29.0 Å². The van der Waals surface area contributed by atoms with E-state index in [1.165, 1.54) is 42.6 Å². The lowest BCUT2D eigenvalue weighted by Crippen LogP contribution is -2.36. The molecule has 5 aromatic rings. The molecular formula is C34H34N8O9S. The molecule has 0 bridgehead atoms. The van der Waals surface area contributed by atoms with Gasteiger partial charge in [0.15, 0.2) is 24.7 Å². The number of hydrogen-bond acceptors (Lipinski definition) is 11. The predicted molar refractivity (Wildman–Crippen MR) is 183 cm³/mol. The number of benzene rings is 3. The Morgan fingerprint density at radius 3 is 2.25 bits per heavy atom. The smallest absolute Gasteiger partial charge is 0.300 e. The number of carbonyl (C=O) groups is 3. The molecule has 0 aliphatic rings. The number of carbonyl (C=O) groups excluding carboxylic acids is 2. The van der Waals surface area contributed by atoms with Crippen molar-refractivity contribution in [3.8, 4) is 5.75 Å². The van der Waals surface area contributed by atoms with E-state index in [9.17, 15) is 32.8 Å². The van der Waals surface area contributed by atoms with Crippen LogP contribution in [0.1, 0.15) is 25.3 Å². The Balaban J connectivity index is 0.00000144. The van der Waals surface area contributed by atoms with Gasteiger partial charge in [-0.05, 0) is 65.9 Å². The Bertz CT molecular complexity index is 2270. The summed E-state index contributed by atoms with van der Waals surface area (Å²) in [5, 5.41) is 50.5. The molecule has 18 heteroatoms. The van der Waals surface area contributed by atoms with Crippen LogP contribution in [0.5, 0.6) is 5.75 Å². The van der Waals surface area contributed by atoms with E-state index in [-0.39, 0.29) is 53.0 Å². The van der Waals surface area contributed by atoms with Gasteiger partial charge in [0, 0.05) is 35.3 Å². The number of aryl methyl sites for hydroxylation is 3. The van der Waals surface area contributed by atoms with Gasteiger partial charge in [-0.1, -0.05) is 0 Å². The standard InChI is InChI=1S/C32H30N8O7S.C2H4O2/c1-38-15-16-40(20-38)14-11-28(41)34-23-4-6-24(7-5-23)36-37-30-27(48(45,46)47)18-22-17-25(8-9-26(22)31(30)43)35-29(42)10-13-39-12-2-3-21(19-39)32(33)44;1-2(3)4/h2-9,12,15-20H,10-11,13-14H2,1H3,(H4-2,33,34,35,36,37,41,42,43,44,45,46,47);1H3,(H,3,4). The van der Waals surface area contributed by atoms with Crippen molar-refractivity contribution in [3.05, 3.63) is 97.3 Å². The number of hydrogen-bond donors (Lipinski definition) is 5. The van der Waals surface area contributed by atoms with Gasteiger partial charge in [0.1, 0.15) is 28.2 Å². The van der Waals surface area contributed by atoms with Crippen LogP contribution in [-0.2, 0) is 44.6 Å². The monoisotopic (exact) mass is 730 g/mol. The molecule has 0 atom stereocenters. The first kappa shape index (κ1) is 38.3. The first-order valence-electron chi connectivity index (χ1n) is 15.4. The van der Waals surface area contributed by atoms with E-state index in [2.05, 4.69) is 20.9 Å². The van der Waals surface area contributed by atoms with Crippen LogP contribution in [-0.4, -0.2) is 51.4 Å². The van der Waals surface area contributed by atoms with Crippen molar-refractivity contribution in [1.29, 1.82) is 5.41 Å². The normalized spacial score (nSPS) is 11.1. The lowest BCUT2D eigenvalue weighted by Gasteiger charge is -2.14. The minimum Gasteiger partial charge on any atom is -0.859 e. The van der Waals surface area contributed by atoms with Crippen molar-refractivity contribution < 1.29 is 51.8 Å². The molecule has 5 N–H and O–H groups in total. The van der Waals surface area contributed by atoms with E-state index in [0.717, 1.165) is 13.0 Å². The minimum atomic E-state index is -5.12. The van der Waals surface area contributed by atoms with Crippen molar-refractivity contribution in [2.75, 3.05) is 10.6 Å². The van der Waals surface area contributed by atoms with Crippen LogP contribution in [0.3, 0.4) is 0 Å². The highest BCUT2D eigenvalue weighted by molar-refractivity contribution is 7.86. The summed E-state index contributed by atoms with van der Waals surface area (Å²) in [7, 11) is -3.24. The van der Waals surface area contributed by atoms with Crippen LogP contribution < -0.4 is 24.9 Å². The number of carboxylic acid groups (broad SMARTS) is 1. The van der Waals surface area contributed by atoms with Crippen LogP contribution in [0.4, 0.5) is 22.7 Å². The minimum absolute atomic E-state index is 0.0177. The maximum atomic E-state index is 12.6. The topological polar surface area (TPSA) is 257 Å². The summed E-state index contributed by atoms with van der Waals surface area (Å²) in [5.41, 5.74) is 0.682. The molecule has 52 heavy (non-hydrogen) atoms. The van der Waals surface area contributed by atoms with E-state index < -0.39 is 44.2 Å². The fourth-order valence-electron chi connectivity index (χ4n) is 4.77. The molecule has 0 fully saturated rings. The second kappa shape index (κ2) is 16.9. The van der Waals surface area contributed by atoms with E-state index in [0.29, 0.717) is 12.2 Å². The highest BCUT2D eigenvalue weighted by Gasteiger charge is 2.19. The quantitative estimate of drug-likeness (QED) is 0.0415. The Kier molecular flexibility index (Phi) is 12.5. The lowest BCUT2D eigenvalue weighted by molar-refractivity contribution is -0.695. The fraction of sp³-hybridized carbons (Fsp3) is 0.176. The Labute approximate surface area is 297 Å². The van der Waals surface area contributed by atoms with Crippen LogP contribution in [0.2, 0.25) is 0 Å². The first-order valence-corrected chi connectivity index (χ1v) is 16.8. The number of aromatic hydroxyl groups is 1. The number of phenolic OH excluding ortho intramolecular Hbond substituents is 1. The third-order valence-corrected chi connectivity index (χ3v) is 8.01. The second-order valence-corrected chi connectivity index (χ2v) is 12.6. The molecule has 2 amide bonds. The number of azo groups is 1. The van der Waals surface area contributed by atoms with Crippen molar-refractivity contribution in [3.63, 3.8) is 0 Å². The zero-order chi connectivity index (χ0) is 38.0. The maximum Gasteiger partial charge on any atom is 0.300 e. The number of carboxylic acids is 1. The summed E-state index contributed by atoms with van der Waals surface area (Å²) < 4.78 is 41.9. The molecule has 0 unspecified atom stereocenters. The molecule has 0 saturated heterocycles. The molecule has 270 valence electrons. The van der Waals surface area contributed by atoms with Gasteiger partial charge in [0.05, 0.1) is 37.0 Å². The zero-order valence-electron chi connectivity index (χ0n) is 27.9. The summed E-state index contributed by atoms with van der Waals surface area (Å²) in [6.45, 7) is 1.81. The number of aliphatic carboxylic acids is 1. The Hall–Kier alpha value is -6.53. The zero-order valence-corrected chi connectivity index (χ0v) is 28.7. The number of amides is 2. The van der Waals surface area contributed by atoms with Crippen LogP contribution >= 0.6 is 0 Å². The number of nitrogens with zero attached hydrogens (tertiary/aromatic N) is 5. The maximum absolute atomic E-state index is 12.6. The van der Waals surface area contributed by atoms with Gasteiger partial charge in [-0.25, -0.2) is 22.1 Å². The molecule has 3 aromatic carbocycles. The van der Waals surface area contributed by atoms with E-state index in [4.69, 9.17) is 15.3 Å². The van der Waals surface area contributed by atoms with Crippen molar-refractivity contribution in [1.82, 2.24) is 4.57 Å². The Morgan fingerprint density at radius 1 is 0.962 bits per heavy atom. The second-order valence-electron chi connectivity index (χ2n) is 11.3. The molecule has 5 rings (SSSR count). The average molecular weight is 731 g/mol. The number of pyridine rings is 1.